The van der Waals surface area contributed by atoms with Gasteiger partial charge >= 0.3 is 0 Å². The second-order valence-electron chi connectivity index (χ2n) is 4.18. The number of aryl methyl sites for hydroxylation is 1. The second kappa shape index (κ2) is 3.93. The van der Waals surface area contributed by atoms with Gasteiger partial charge in [-0.05, 0) is 37.0 Å². The number of carbonyl (C=O) groups is 1. The molecule has 0 saturated heterocycles. The largest absolute Gasteiger partial charge is 0.351 e. The third kappa shape index (κ3) is 1.89. The van der Waals surface area contributed by atoms with Crippen LogP contribution in [0.5, 0.6) is 0 Å². The van der Waals surface area contributed by atoms with Gasteiger partial charge in [0.25, 0.3) is 0 Å². The highest BCUT2D eigenvalue weighted by molar-refractivity contribution is 5.88. The average molecular weight is 215 g/mol. The maximum atomic E-state index is 11.7. The van der Waals surface area contributed by atoms with Crippen LogP contribution in [-0.4, -0.2) is 10.9 Å². The first-order valence-electron chi connectivity index (χ1n) is 5.27. The molecule has 0 aromatic carbocycles. The van der Waals surface area contributed by atoms with Crippen LogP contribution < -0.4 is 5.32 Å². The summed E-state index contributed by atoms with van der Waals surface area (Å²) in [5.74, 6) is -0.147. The van der Waals surface area contributed by atoms with Crippen molar-refractivity contribution < 1.29 is 4.79 Å². The minimum atomic E-state index is -0.735. The van der Waals surface area contributed by atoms with Crippen LogP contribution >= 0.6 is 0 Å². The number of hydrogen-bond donors (Lipinski definition) is 1. The molecule has 0 atom stereocenters. The first-order chi connectivity index (χ1) is 7.68. The van der Waals surface area contributed by atoms with E-state index in [1.807, 2.05) is 13.0 Å². The van der Waals surface area contributed by atoms with Gasteiger partial charge in [0.1, 0.15) is 5.41 Å². The Labute approximate surface area is 94.3 Å². The highest BCUT2D eigenvalue weighted by atomic mass is 16.2. The lowest BCUT2D eigenvalue weighted by molar-refractivity contribution is -0.124. The minimum Gasteiger partial charge on any atom is -0.351 e. The van der Waals surface area contributed by atoms with E-state index < -0.39 is 5.41 Å². The minimum absolute atomic E-state index is 0.147. The van der Waals surface area contributed by atoms with E-state index in [4.69, 9.17) is 5.26 Å². The molecule has 4 heteroatoms. The van der Waals surface area contributed by atoms with Crippen molar-refractivity contribution >= 4 is 5.91 Å². The Morgan fingerprint density at radius 3 is 3.00 bits per heavy atom. The molecule has 0 unspecified atom stereocenters. The normalized spacial score (nSPS) is 16.2. The second-order valence-corrected chi connectivity index (χ2v) is 4.18. The van der Waals surface area contributed by atoms with E-state index in [0.29, 0.717) is 19.4 Å². The molecule has 1 amide bonds. The summed E-state index contributed by atoms with van der Waals surface area (Å²) in [5.41, 5.74) is 1.35. The van der Waals surface area contributed by atoms with Crippen LogP contribution in [0.1, 0.15) is 24.0 Å². The SMILES string of the molecule is Cc1cnccc1CNC(=O)C1(C#N)CC1. The van der Waals surface area contributed by atoms with E-state index in [1.165, 1.54) is 0 Å². The summed E-state index contributed by atoms with van der Waals surface area (Å²) in [6, 6.07) is 3.96. The zero-order valence-electron chi connectivity index (χ0n) is 9.16. The van der Waals surface area contributed by atoms with Crippen LogP contribution in [0.25, 0.3) is 0 Å². The summed E-state index contributed by atoms with van der Waals surface area (Å²) in [7, 11) is 0. The van der Waals surface area contributed by atoms with Gasteiger partial charge in [-0.15, -0.1) is 0 Å². The number of nitrogens with zero attached hydrogens (tertiary/aromatic N) is 2. The summed E-state index contributed by atoms with van der Waals surface area (Å²) in [6.45, 7) is 2.42. The molecule has 1 saturated carbocycles. The molecule has 82 valence electrons. The molecule has 1 fully saturated rings. The molecule has 1 aliphatic carbocycles. The predicted molar refractivity (Wildman–Crippen MR) is 58.1 cm³/mol. The number of rotatable bonds is 3. The van der Waals surface area contributed by atoms with Gasteiger partial charge in [-0.25, -0.2) is 0 Å². The van der Waals surface area contributed by atoms with Crippen LogP contribution in [0.3, 0.4) is 0 Å². The molecule has 0 aliphatic heterocycles. The number of carbonyl (C=O) groups excluding carboxylic acids is 1. The van der Waals surface area contributed by atoms with Gasteiger partial charge in [-0.1, -0.05) is 0 Å². The smallest absolute Gasteiger partial charge is 0.240 e. The highest BCUT2D eigenvalue weighted by Gasteiger charge is 2.50. The Balaban J connectivity index is 1.96. The van der Waals surface area contributed by atoms with Gasteiger partial charge in [0, 0.05) is 18.9 Å². The molecule has 0 radical (unpaired) electrons. The fraction of sp³-hybridized carbons (Fsp3) is 0.417. The number of amides is 1. The molecule has 2 rings (SSSR count). The molecule has 0 bridgehead atoms. The standard InChI is InChI=1S/C12H13N3O/c1-9-6-14-5-2-10(9)7-15-11(16)12(8-13)3-4-12/h2,5-6H,3-4,7H2,1H3,(H,15,16). The monoisotopic (exact) mass is 215 g/mol. The van der Waals surface area contributed by atoms with Crippen molar-refractivity contribution in [3.8, 4) is 6.07 Å². The highest BCUT2D eigenvalue weighted by Crippen LogP contribution is 2.44. The van der Waals surface area contributed by atoms with Crippen molar-refractivity contribution in [3.05, 3.63) is 29.6 Å². The third-order valence-corrected chi connectivity index (χ3v) is 2.97. The van der Waals surface area contributed by atoms with Crippen molar-refractivity contribution in [2.75, 3.05) is 0 Å². The maximum Gasteiger partial charge on any atom is 0.240 e. The maximum absolute atomic E-state index is 11.7. The van der Waals surface area contributed by atoms with Crippen molar-refractivity contribution in [1.29, 1.82) is 5.26 Å². The van der Waals surface area contributed by atoms with E-state index >= 15 is 0 Å². The lowest BCUT2D eigenvalue weighted by Crippen LogP contribution is -2.30. The molecule has 1 aromatic heterocycles. The van der Waals surface area contributed by atoms with E-state index in [2.05, 4.69) is 16.4 Å². The fourth-order valence-electron chi connectivity index (χ4n) is 1.56. The molecule has 1 aliphatic rings. The zero-order chi connectivity index (χ0) is 11.6. The van der Waals surface area contributed by atoms with Crippen LogP contribution in [0.2, 0.25) is 0 Å². The van der Waals surface area contributed by atoms with Gasteiger partial charge in [0.05, 0.1) is 6.07 Å². The van der Waals surface area contributed by atoms with Crippen molar-refractivity contribution in [1.82, 2.24) is 10.3 Å². The molecule has 4 nitrogen and oxygen atoms in total. The van der Waals surface area contributed by atoms with Gasteiger partial charge in [-0.3, -0.25) is 9.78 Å². The first kappa shape index (κ1) is 10.6. The Morgan fingerprint density at radius 1 is 1.69 bits per heavy atom. The molecule has 1 N–H and O–H groups in total. The summed E-state index contributed by atoms with van der Waals surface area (Å²) in [5, 5.41) is 11.7. The third-order valence-electron chi connectivity index (χ3n) is 2.97. The number of nitrogens with one attached hydrogen (secondary N) is 1. The van der Waals surface area contributed by atoms with Crippen molar-refractivity contribution in [2.45, 2.75) is 26.3 Å². The van der Waals surface area contributed by atoms with Crippen molar-refractivity contribution in [3.63, 3.8) is 0 Å². The topological polar surface area (TPSA) is 65.8 Å². The fourth-order valence-corrected chi connectivity index (χ4v) is 1.56. The van der Waals surface area contributed by atoms with Crippen molar-refractivity contribution in [2.24, 2.45) is 5.41 Å². The van der Waals surface area contributed by atoms with Gasteiger partial charge in [-0.2, -0.15) is 5.26 Å². The van der Waals surface area contributed by atoms with E-state index in [0.717, 1.165) is 11.1 Å². The Kier molecular flexibility index (Phi) is 2.61. The Hall–Kier alpha value is -1.89. The molecule has 16 heavy (non-hydrogen) atoms. The summed E-state index contributed by atoms with van der Waals surface area (Å²) in [4.78, 5) is 15.7. The van der Waals surface area contributed by atoms with E-state index in [-0.39, 0.29) is 5.91 Å². The first-order valence-corrected chi connectivity index (χ1v) is 5.27. The number of pyridine rings is 1. The summed E-state index contributed by atoms with van der Waals surface area (Å²) in [6.07, 6.45) is 4.83. The number of aromatic nitrogens is 1. The lowest BCUT2D eigenvalue weighted by Gasteiger charge is -2.09. The Bertz CT molecular complexity index is 458. The number of hydrogen-bond acceptors (Lipinski definition) is 3. The number of nitriles is 1. The van der Waals surface area contributed by atoms with Gasteiger partial charge < -0.3 is 5.32 Å². The van der Waals surface area contributed by atoms with Crippen LogP contribution in [0.15, 0.2) is 18.5 Å². The molecule has 1 heterocycles. The van der Waals surface area contributed by atoms with Gasteiger partial charge in [0.15, 0.2) is 0 Å². The summed E-state index contributed by atoms with van der Waals surface area (Å²) < 4.78 is 0. The van der Waals surface area contributed by atoms with Crippen LogP contribution in [-0.2, 0) is 11.3 Å². The van der Waals surface area contributed by atoms with E-state index in [9.17, 15) is 4.79 Å². The molecular formula is C12H13N3O. The molecule has 1 aromatic rings. The Morgan fingerprint density at radius 2 is 2.44 bits per heavy atom. The molecular weight excluding hydrogens is 202 g/mol. The van der Waals surface area contributed by atoms with Crippen LogP contribution in [0.4, 0.5) is 0 Å². The van der Waals surface area contributed by atoms with Gasteiger partial charge in [0.2, 0.25) is 5.91 Å². The summed E-state index contributed by atoms with van der Waals surface area (Å²) >= 11 is 0. The average Bonchev–Trinajstić information content (AvgIpc) is 3.08. The van der Waals surface area contributed by atoms with E-state index in [1.54, 1.807) is 12.4 Å². The quantitative estimate of drug-likeness (QED) is 0.826. The molecule has 0 spiro atoms. The van der Waals surface area contributed by atoms with Crippen LogP contribution in [0, 0.1) is 23.7 Å². The predicted octanol–water partition coefficient (Wildman–Crippen LogP) is 1.31. The zero-order valence-corrected chi connectivity index (χ0v) is 9.16. The lowest BCUT2D eigenvalue weighted by atomic mass is 10.1.